The summed E-state index contributed by atoms with van der Waals surface area (Å²) in [5.74, 6) is -0.0158. The van der Waals surface area contributed by atoms with Gasteiger partial charge in [0.2, 0.25) is 0 Å². The third kappa shape index (κ3) is 2.03. The van der Waals surface area contributed by atoms with Crippen molar-refractivity contribution in [2.75, 3.05) is 12.1 Å². The van der Waals surface area contributed by atoms with Crippen LogP contribution in [0.1, 0.15) is 19.1 Å². The third-order valence-corrected chi connectivity index (χ3v) is 2.39. The van der Waals surface area contributed by atoms with Gasteiger partial charge in [0.1, 0.15) is 0 Å². The van der Waals surface area contributed by atoms with Crippen molar-refractivity contribution in [2.24, 2.45) is 0 Å². The van der Waals surface area contributed by atoms with Crippen LogP contribution in [0.15, 0.2) is 11.0 Å². The molecule has 2 rings (SSSR count). The Morgan fingerprint density at radius 2 is 2.44 bits per heavy atom. The van der Waals surface area contributed by atoms with Crippen LogP contribution in [0, 0.1) is 0 Å². The Morgan fingerprint density at radius 3 is 3.00 bits per heavy atom. The summed E-state index contributed by atoms with van der Waals surface area (Å²) in [7, 11) is 0. The van der Waals surface area contributed by atoms with E-state index in [0.29, 0.717) is 12.8 Å². The zero-order valence-electron chi connectivity index (χ0n) is 8.41. The summed E-state index contributed by atoms with van der Waals surface area (Å²) >= 11 is 0. The van der Waals surface area contributed by atoms with E-state index in [2.05, 4.69) is 10.1 Å². The molecule has 1 aliphatic heterocycles. The maximum atomic E-state index is 11.5. The second kappa shape index (κ2) is 4.56. The first-order chi connectivity index (χ1) is 7.74. The van der Waals surface area contributed by atoms with Crippen LogP contribution in [-0.2, 0) is 4.74 Å². The van der Waals surface area contributed by atoms with Crippen LogP contribution >= 0.6 is 0 Å². The third-order valence-electron chi connectivity index (χ3n) is 2.39. The highest BCUT2D eigenvalue weighted by Crippen LogP contribution is 2.25. The predicted molar refractivity (Wildman–Crippen MR) is 51.9 cm³/mol. The summed E-state index contributed by atoms with van der Waals surface area (Å²) in [5.41, 5.74) is 1.13. The van der Waals surface area contributed by atoms with Crippen molar-refractivity contribution in [1.29, 1.82) is 0 Å². The lowest BCUT2D eigenvalue weighted by Gasteiger charge is -2.12. The molecule has 0 aliphatic carbocycles. The lowest BCUT2D eigenvalue weighted by atomic mass is 10.2. The predicted octanol–water partition coefficient (Wildman–Crippen LogP) is -0.891. The summed E-state index contributed by atoms with van der Waals surface area (Å²) < 4.78 is 6.47. The van der Waals surface area contributed by atoms with Crippen LogP contribution in [0.4, 0.5) is 5.82 Å². The van der Waals surface area contributed by atoms with Gasteiger partial charge in [-0.25, -0.2) is 4.79 Å². The molecule has 2 atom stereocenters. The zero-order chi connectivity index (χ0) is 11.5. The minimum absolute atomic E-state index is 0.0158. The Kier molecular flexibility index (Phi) is 3.13. The highest BCUT2D eigenvalue weighted by Gasteiger charge is 2.27. The van der Waals surface area contributed by atoms with Gasteiger partial charge in [-0.2, -0.15) is 14.8 Å². The first-order valence-electron chi connectivity index (χ1n) is 4.87. The smallest absolute Gasteiger partial charge is 0.368 e. The zero-order valence-corrected chi connectivity index (χ0v) is 8.41. The second-order valence-electron chi connectivity index (χ2n) is 3.45. The van der Waals surface area contributed by atoms with Gasteiger partial charge >= 0.3 is 5.69 Å². The number of aromatic nitrogens is 3. The molecule has 1 saturated heterocycles. The largest absolute Gasteiger partial charge is 0.394 e. The normalized spacial score (nSPS) is 24.6. The van der Waals surface area contributed by atoms with E-state index in [9.17, 15) is 4.79 Å². The Bertz CT molecular complexity index is 421. The van der Waals surface area contributed by atoms with Crippen molar-refractivity contribution < 1.29 is 15.1 Å². The summed E-state index contributed by atoms with van der Waals surface area (Å²) in [6, 6.07) is 0. The molecule has 0 spiro atoms. The molecule has 0 saturated carbocycles. The standard InChI is InChI=1S/C8H12N4O4/c13-4-5-1-2-7(16-5)12-8(14)10-6(11-15)3-9-12/h3,5,7,13,15H,1-2,4H2,(H,10,11,14). The lowest BCUT2D eigenvalue weighted by molar-refractivity contribution is -0.0312. The number of nitrogens with zero attached hydrogens (tertiary/aromatic N) is 3. The van der Waals surface area contributed by atoms with Crippen molar-refractivity contribution in [2.45, 2.75) is 25.2 Å². The molecule has 0 aromatic carbocycles. The highest BCUT2D eigenvalue weighted by molar-refractivity contribution is 5.24. The van der Waals surface area contributed by atoms with Crippen molar-refractivity contribution in [3.05, 3.63) is 16.7 Å². The Morgan fingerprint density at radius 1 is 1.62 bits per heavy atom. The highest BCUT2D eigenvalue weighted by atomic mass is 16.5. The minimum Gasteiger partial charge on any atom is -0.394 e. The van der Waals surface area contributed by atoms with Crippen LogP contribution in [0.3, 0.4) is 0 Å². The van der Waals surface area contributed by atoms with Gasteiger partial charge in [0.15, 0.2) is 12.0 Å². The molecule has 0 radical (unpaired) electrons. The monoisotopic (exact) mass is 228 g/mol. The summed E-state index contributed by atoms with van der Waals surface area (Å²) in [4.78, 5) is 15.0. The van der Waals surface area contributed by atoms with Crippen LogP contribution in [-0.4, -0.2) is 37.8 Å². The first kappa shape index (κ1) is 11.0. The average molecular weight is 228 g/mol. The fourth-order valence-electron chi connectivity index (χ4n) is 1.60. The number of aliphatic hydroxyl groups is 1. The molecule has 88 valence electrons. The molecule has 1 aliphatic rings. The number of ether oxygens (including phenoxy) is 1. The summed E-state index contributed by atoms with van der Waals surface area (Å²) in [6.45, 7) is -0.0744. The quantitative estimate of drug-likeness (QED) is 0.575. The Labute approximate surface area is 90.5 Å². The van der Waals surface area contributed by atoms with E-state index < -0.39 is 11.9 Å². The molecular weight excluding hydrogens is 216 g/mol. The molecular formula is C8H12N4O4. The van der Waals surface area contributed by atoms with Gasteiger partial charge in [-0.1, -0.05) is 0 Å². The van der Waals surface area contributed by atoms with Crippen LogP contribution in [0.5, 0.6) is 0 Å². The van der Waals surface area contributed by atoms with Crippen LogP contribution in [0.2, 0.25) is 0 Å². The van der Waals surface area contributed by atoms with Crippen LogP contribution in [0.25, 0.3) is 0 Å². The number of hydrogen-bond acceptors (Lipinski definition) is 7. The average Bonchev–Trinajstić information content (AvgIpc) is 2.77. The van der Waals surface area contributed by atoms with Gasteiger partial charge in [-0.15, -0.1) is 0 Å². The number of nitrogens with one attached hydrogen (secondary N) is 1. The van der Waals surface area contributed by atoms with Gasteiger partial charge in [-0.3, -0.25) is 10.7 Å². The maximum Gasteiger partial charge on any atom is 0.368 e. The molecule has 1 aromatic rings. The first-order valence-corrected chi connectivity index (χ1v) is 4.87. The summed E-state index contributed by atoms with van der Waals surface area (Å²) in [6.07, 6.45) is 1.75. The molecule has 2 heterocycles. The van der Waals surface area contributed by atoms with E-state index in [1.54, 1.807) is 5.48 Å². The van der Waals surface area contributed by atoms with Crippen molar-refractivity contribution in [1.82, 2.24) is 14.8 Å². The van der Waals surface area contributed by atoms with Crippen molar-refractivity contribution in [3.63, 3.8) is 0 Å². The SMILES string of the molecule is O=c1nc(NO)cnn1C1CCC(CO)O1. The topological polar surface area (TPSA) is 110 Å². The van der Waals surface area contributed by atoms with Crippen molar-refractivity contribution >= 4 is 5.82 Å². The van der Waals surface area contributed by atoms with Gasteiger partial charge < -0.3 is 9.84 Å². The number of anilines is 1. The van der Waals surface area contributed by atoms with E-state index >= 15 is 0 Å². The molecule has 1 aromatic heterocycles. The lowest BCUT2D eigenvalue weighted by Crippen LogP contribution is -2.30. The van der Waals surface area contributed by atoms with Gasteiger partial charge in [0.25, 0.3) is 0 Å². The summed E-state index contributed by atoms with van der Waals surface area (Å²) in [5, 5.41) is 21.2. The fourth-order valence-corrected chi connectivity index (χ4v) is 1.60. The number of rotatable bonds is 3. The number of aliphatic hydroxyl groups excluding tert-OH is 1. The molecule has 16 heavy (non-hydrogen) atoms. The minimum atomic E-state index is -0.609. The van der Waals surface area contributed by atoms with E-state index in [4.69, 9.17) is 15.1 Å². The second-order valence-corrected chi connectivity index (χ2v) is 3.45. The van der Waals surface area contributed by atoms with Crippen molar-refractivity contribution in [3.8, 4) is 0 Å². The molecule has 2 unspecified atom stereocenters. The van der Waals surface area contributed by atoms with E-state index in [0.717, 1.165) is 4.68 Å². The molecule has 8 nitrogen and oxygen atoms in total. The van der Waals surface area contributed by atoms with Gasteiger partial charge in [-0.05, 0) is 12.8 Å². The Balaban J connectivity index is 2.19. The van der Waals surface area contributed by atoms with Crippen LogP contribution < -0.4 is 11.2 Å². The van der Waals surface area contributed by atoms with E-state index in [1.807, 2.05) is 0 Å². The molecule has 3 N–H and O–H groups in total. The number of hydrogen-bond donors (Lipinski definition) is 3. The van der Waals surface area contributed by atoms with E-state index in [-0.39, 0.29) is 18.5 Å². The van der Waals surface area contributed by atoms with E-state index in [1.165, 1.54) is 6.20 Å². The molecule has 1 fully saturated rings. The molecule has 0 bridgehead atoms. The fraction of sp³-hybridized carbons (Fsp3) is 0.625. The molecule has 0 amide bonds. The Hall–Kier alpha value is -1.51. The van der Waals surface area contributed by atoms with Gasteiger partial charge in [0, 0.05) is 0 Å². The van der Waals surface area contributed by atoms with Gasteiger partial charge in [0.05, 0.1) is 18.9 Å². The molecule has 8 heteroatoms. The maximum absolute atomic E-state index is 11.5.